The second-order valence-corrected chi connectivity index (χ2v) is 5.52. The molecule has 0 radical (unpaired) electrons. The van der Waals surface area contributed by atoms with Crippen LogP contribution in [0.5, 0.6) is 0 Å². The fraction of sp³-hybridized carbons (Fsp3) is 0.0556. The van der Waals surface area contributed by atoms with E-state index in [0.29, 0.717) is 17.5 Å². The molecule has 1 N–H and O–H groups in total. The fourth-order valence-corrected chi connectivity index (χ4v) is 2.39. The van der Waals surface area contributed by atoms with Crippen molar-refractivity contribution < 1.29 is 9.21 Å². The Morgan fingerprint density at radius 2 is 1.92 bits per heavy atom. The van der Waals surface area contributed by atoms with Crippen LogP contribution in [0.3, 0.4) is 0 Å². The van der Waals surface area contributed by atoms with Crippen molar-refractivity contribution in [1.82, 2.24) is 25.2 Å². The average molecular weight is 346 g/mol. The molecule has 128 valence electrons. The third-order valence-corrected chi connectivity index (χ3v) is 3.61. The first-order valence-corrected chi connectivity index (χ1v) is 7.89. The van der Waals surface area contributed by atoms with Crippen LogP contribution in [-0.2, 0) is 0 Å². The summed E-state index contributed by atoms with van der Waals surface area (Å²) in [6, 6.07) is 16.5. The van der Waals surface area contributed by atoms with Gasteiger partial charge in [-0.05, 0) is 30.3 Å². The van der Waals surface area contributed by atoms with Gasteiger partial charge in [0, 0.05) is 18.2 Å². The minimum absolute atomic E-state index is 0.216. The minimum Gasteiger partial charge on any atom is -0.421 e. The van der Waals surface area contributed by atoms with Crippen molar-refractivity contribution in [3.05, 3.63) is 72.4 Å². The molecule has 0 bridgehead atoms. The van der Waals surface area contributed by atoms with Crippen LogP contribution in [0.1, 0.15) is 16.4 Å². The van der Waals surface area contributed by atoms with E-state index in [1.54, 1.807) is 25.1 Å². The molecule has 26 heavy (non-hydrogen) atoms. The van der Waals surface area contributed by atoms with E-state index in [4.69, 9.17) is 4.42 Å². The predicted molar refractivity (Wildman–Crippen MR) is 93.8 cm³/mol. The molecule has 0 unspecified atom stereocenters. The fourth-order valence-electron chi connectivity index (χ4n) is 2.39. The molecule has 4 aromatic rings. The maximum atomic E-state index is 12.4. The highest BCUT2D eigenvalue weighted by molar-refractivity contribution is 6.02. The first-order valence-electron chi connectivity index (χ1n) is 7.89. The van der Waals surface area contributed by atoms with E-state index in [1.165, 1.54) is 11.0 Å². The number of hydrogen-bond donors (Lipinski definition) is 1. The first kappa shape index (κ1) is 15.7. The molecule has 0 aliphatic carbocycles. The van der Waals surface area contributed by atoms with Gasteiger partial charge in [0.05, 0.1) is 11.9 Å². The predicted octanol–water partition coefficient (Wildman–Crippen LogP) is 2.88. The summed E-state index contributed by atoms with van der Waals surface area (Å²) in [5, 5.41) is 18.9. The van der Waals surface area contributed by atoms with Crippen molar-refractivity contribution in [2.45, 2.75) is 6.92 Å². The van der Waals surface area contributed by atoms with E-state index in [9.17, 15) is 4.79 Å². The number of anilines is 1. The lowest BCUT2D eigenvalue weighted by Crippen LogP contribution is -2.13. The highest BCUT2D eigenvalue weighted by Crippen LogP contribution is 2.21. The molecule has 0 aliphatic heterocycles. The van der Waals surface area contributed by atoms with Crippen molar-refractivity contribution in [2.75, 3.05) is 5.32 Å². The van der Waals surface area contributed by atoms with Crippen LogP contribution in [0.2, 0.25) is 0 Å². The third kappa shape index (κ3) is 3.20. The summed E-state index contributed by atoms with van der Waals surface area (Å²) in [5.41, 5.74) is 2.31. The maximum Gasteiger partial charge on any atom is 0.277 e. The number of carbonyl (C=O) groups excluding carboxylic acids is 1. The molecule has 4 rings (SSSR count). The van der Waals surface area contributed by atoms with E-state index < -0.39 is 0 Å². The molecule has 2 heterocycles. The van der Waals surface area contributed by atoms with Crippen LogP contribution in [-0.4, -0.2) is 31.1 Å². The zero-order valence-corrected chi connectivity index (χ0v) is 13.8. The van der Waals surface area contributed by atoms with E-state index in [-0.39, 0.29) is 11.6 Å². The number of rotatable bonds is 4. The summed E-state index contributed by atoms with van der Waals surface area (Å²) in [7, 11) is 0. The van der Waals surface area contributed by atoms with Crippen LogP contribution in [0, 0.1) is 6.92 Å². The molecular weight excluding hydrogens is 332 g/mol. The summed E-state index contributed by atoms with van der Waals surface area (Å²) >= 11 is 0. The quantitative estimate of drug-likeness (QED) is 0.610. The van der Waals surface area contributed by atoms with E-state index >= 15 is 0 Å². The molecule has 0 fully saturated rings. The highest BCUT2D eigenvalue weighted by Gasteiger charge is 2.13. The van der Waals surface area contributed by atoms with Crippen LogP contribution in [0.25, 0.3) is 17.1 Å². The molecule has 2 aromatic carbocycles. The molecule has 0 atom stereocenters. The standard InChI is InChI=1S/C18H14N6O2/c1-12-21-22-18(26-12)13-6-5-7-14(10-13)20-17(25)16-11-19-24(23-16)15-8-3-2-4-9-15/h2-11H,1H3,(H,20,25). The van der Waals surface area contributed by atoms with Crippen LogP contribution in [0.15, 0.2) is 65.2 Å². The zero-order chi connectivity index (χ0) is 17.9. The van der Waals surface area contributed by atoms with Crippen LogP contribution in [0.4, 0.5) is 5.69 Å². The van der Waals surface area contributed by atoms with Crippen LogP contribution >= 0.6 is 0 Å². The summed E-state index contributed by atoms with van der Waals surface area (Å²) in [5.74, 6) is 0.520. The SMILES string of the molecule is Cc1nnc(-c2cccc(NC(=O)c3cnn(-c4ccccc4)n3)c2)o1. The third-order valence-electron chi connectivity index (χ3n) is 3.61. The molecule has 0 aliphatic rings. The highest BCUT2D eigenvalue weighted by atomic mass is 16.4. The van der Waals surface area contributed by atoms with Crippen molar-refractivity contribution in [1.29, 1.82) is 0 Å². The van der Waals surface area contributed by atoms with Gasteiger partial charge >= 0.3 is 0 Å². The van der Waals surface area contributed by atoms with Gasteiger partial charge in [-0.1, -0.05) is 24.3 Å². The van der Waals surface area contributed by atoms with Crippen LogP contribution < -0.4 is 5.32 Å². The number of nitrogens with one attached hydrogen (secondary N) is 1. The van der Waals surface area contributed by atoms with Crippen molar-refractivity contribution in [3.63, 3.8) is 0 Å². The Balaban J connectivity index is 1.53. The number of carbonyl (C=O) groups is 1. The molecule has 8 heteroatoms. The molecule has 1 amide bonds. The molecule has 0 saturated carbocycles. The summed E-state index contributed by atoms with van der Waals surface area (Å²) in [6.45, 7) is 1.72. The number of nitrogens with zero attached hydrogens (tertiary/aromatic N) is 5. The van der Waals surface area contributed by atoms with E-state index in [1.807, 2.05) is 36.4 Å². The van der Waals surface area contributed by atoms with Gasteiger partial charge < -0.3 is 9.73 Å². The van der Waals surface area contributed by atoms with Crippen molar-refractivity contribution in [3.8, 4) is 17.1 Å². The van der Waals surface area contributed by atoms with Gasteiger partial charge in [-0.3, -0.25) is 4.79 Å². The van der Waals surface area contributed by atoms with Gasteiger partial charge in [0.2, 0.25) is 11.8 Å². The van der Waals surface area contributed by atoms with Gasteiger partial charge in [-0.15, -0.1) is 15.3 Å². The average Bonchev–Trinajstić information content (AvgIpc) is 3.32. The van der Waals surface area contributed by atoms with Crippen molar-refractivity contribution >= 4 is 11.6 Å². The molecule has 0 saturated heterocycles. The molecule has 2 aromatic heterocycles. The second kappa shape index (κ2) is 6.60. The number of benzene rings is 2. The normalized spacial score (nSPS) is 10.7. The molecular formula is C18H14N6O2. The Hall–Kier alpha value is -3.81. The number of para-hydroxylation sites is 1. The number of aryl methyl sites for hydroxylation is 1. The lowest BCUT2D eigenvalue weighted by Gasteiger charge is -2.04. The Morgan fingerprint density at radius 3 is 2.69 bits per heavy atom. The lowest BCUT2D eigenvalue weighted by atomic mass is 10.2. The van der Waals surface area contributed by atoms with E-state index in [0.717, 1.165) is 11.3 Å². The van der Waals surface area contributed by atoms with Gasteiger partial charge in [0.15, 0.2) is 5.69 Å². The number of aromatic nitrogens is 5. The first-order chi connectivity index (χ1) is 12.7. The minimum atomic E-state index is -0.356. The van der Waals surface area contributed by atoms with E-state index in [2.05, 4.69) is 25.7 Å². The summed E-state index contributed by atoms with van der Waals surface area (Å²) < 4.78 is 5.41. The number of amides is 1. The Bertz CT molecular complexity index is 1050. The van der Waals surface area contributed by atoms with Gasteiger partial charge in [0.1, 0.15) is 0 Å². The largest absolute Gasteiger partial charge is 0.421 e. The Labute approximate surface area is 148 Å². The topological polar surface area (TPSA) is 98.7 Å². The Kier molecular flexibility index (Phi) is 3.98. The van der Waals surface area contributed by atoms with Crippen molar-refractivity contribution in [2.24, 2.45) is 0 Å². The monoisotopic (exact) mass is 346 g/mol. The zero-order valence-electron chi connectivity index (χ0n) is 13.8. The Morgan fingerprint density at radius 1 is 1.08 bits per heavy atom. The maximum absolute atomic E-state index is 12.4. The molecule has 8 nitrogen and oxygen atoms in total. The molecule has 0 spiro atoms. The smallest absolute Gasteiger partial charge is 0.277 e. The lowest BCUT2D eigenvalue weighted by molar-refractivity contribution is 0.102. The summed E-state index contributed by atoms with van der Waals surface area (Å²) in [6.07, 6.45) is 1.42. The van der Waals surface area contributed by atoms with Gasteiger partial charge in [-0.25, -0.2) is 0 Å². The number of hydrogen-bond acceptors (Lipinski definition) is 6. The van der Waals surface area contributed by atoms with Gasteiger partial charge in [-0.2, -0.15) is 9.90 Å². The second-order valence-electron chi connectivity index (χ2n) is 5.52. The summed E-state index contributed by atoms with van der Waals surface area (Å²) in [4.78, 5) is 13.8. The van der Waals surface area contributed by atoms with Gasteiger partial charge in [0.25, 0.3) is 5.91 Å².